The van der Waals surface area contributed by atoms with Crippen molar-refractivity contribution >= 4 is 15.9 Å². The average molecular weight is 263 g/mol. The zero-order valence-electron chi connectivity index (χ0n) is 6.84. The third kappa shape index (κ3) is 2.17. The largest absolute Gasteiger partial charge is 0.505 e. The summed E-state index contributed by atoms with van der Waals surface area (Å²) in [5.74, 6) is -0.268. The SMILES string of the molecule is N#CCc1cc(C(F)F)nc(Br)c1O. The van der Waals surface area contributed by atoms with E-state index in [0.29, 0.717) is 0 Å². The summed E-state index contributed by atoms with van der Waals surface area (Å²) in [5.41, 5.74) is -0.315. The van der Waals surface area contributed by atoms with E-state index in [9.17, 15) is 13.9 Å². The van der Waals surface area contributed by atoms with Crippen LogP contribution in [0.15, 0.2) is 10.7 Å². The van der Waals surface area contributed by atoms with E-state index in [2.05, 4.69) is 20.9 Å². The number of rotatable bonds is 2. The maximum absolute atomic E-state index is 12.3. The molecule has 0 spiro atoms. The minimum atomic E-state index is -2.72. The second kappa shape index (κ2) is 4.33. The standard InChI is InChI=1S/C8H5BrF2N2O/c9-7-6(14)4(1-2-12)3-5(13-7)8(10)11/h3,8,14H,1H2. The Bertz CT molecular complexity index is 390. The van der Waals surface area contributed by atoms with Crippen molar-refractivity contribution in [1.82, 2.24) is 4.98 Å². The number of pyridine rings is 1. The van der Waals surface area contributed by atoms with Crippen molar-refractivity contribution < 1.29 is 13.9 Å². The number of halogens is 3. The smallest absolute Gasteiger partial charge is 0.280 e. The van der Waals surface area contributed by atoms with E-state index < -0.39 is 12.1 Å². The first kappa shape index (κ1) is 10.9. The van der Waals surface area contributed by atoms with Gasteiger partial charge in [0.2, 0.25) is 0 Å². The third-order valence-electron chi connectivity index (χ3n) is 1.54. The summed E-state index contributed by atoms with van der Waals surface area (Å²) in [7, 11) is 0. The first-order valence-corrected chi connectivity index (χ1v) is 4.39. The fourth-order valence-electron chi connectivity index (χ4n) is 0.910. The maximum atomic E-state index is 12.3. The van der Waals surface area contributed by atoms with Gasteiger partial charge in [0.15, 0.2) is 5.75 Å². The number of hydrogen-bond acceptors (Lipinski definition) is 3. The Morgan fingerprint density at radius 2 is 2.29 bits per heavy atom. The monoisotopic (exact) mass is 262 g/mol. The Balaban J connectivity index is 3.22. The molecule has 6 heteroatoms. The molecular formula is C8H5BrF2N2O. The van der Waals surface area contributed by atoms with Crippen LogP contribution in [0, 0.1) is 11.3 Å². The summed E-state index contributed by atoms with van der Waals surface area (Å²) in [4.78, 5) is 3.42. The maximum Gasteiger partial charge on any atom is 0.280 e. The molecule has 0 amide bonds. The van der Waals surface area contributed by atoms with Crippen LogP contribution in [0.4, 0.5) is 8.78 Å². The predicted molar refractivity (Wildman–Crippen MR) is 47.9 cm³/mol. The van der Waals surface area contributed by atoms with Crippen LogP contribution in [-0.2, 0) is 6.42 Å². The van der Waals surface area contributed by atoms with Gasteiger partial charge in [-0.25, -0.2) is 13.8 Å². The molecule has 0 bridgehead atoms. The molecule has 0 aliphatic carbocycles. The van der Waals surface area contributed by atoms with Gasteiger partial charge >= 0.3 is 0 Å². The predicted octanol–water partition coefficient (Wildman–Crippen LogP) is 2.55. The molecule has 1 heterocycles. The number of nitriles is 1. The molecule has 0 aliphatic rings. The van der Waals surface area contributed by atoms with Gasteiger partial charge in [-0.2, -0.15) is 5.26 Å². The quantitative estimate of drug-likeness (QED) is 0.834. The fraction of sp³-hybridized carbons (Fsp3) is 0.250. The lowest BCUT2D eigenvalue weighted by Gasteiger charge is -2.05. The first-order valence-electron chi connectivity index (χ1n) is 3.59. The van der Waals surface area contributed by atoms with E-state index in [1.54, 1.807) is 6.07 Å². The Kier molecular flexibility index (Phi) is 3.36. The van der Waals surface area contributed by atoms with E-state index in [0.717, 1.165) is 6.07 Å². The summed E-state index contributed by atoms with van der Waals surface area (Å²) in [6.45, 7) is 0. The van der Waals surface area contributed by atoms with Gasteiger partial charge in [0.1, 0.15) is 10.3 Å². The molecule has 0 unspecified atom stereocenters. The van der Waals surface area contributed by atoms with E-state index >= 15 is 0 Å². The Morgan fingerprint density at radius 3 is 2.79 bits per heavy atom. The first-order chi connectivity index (χ1) is 6.56. The number of aromatic nitrogens is 1. The van der Waals surface area contributed by atoms with Gasteiger partial charge in [0.05, 0.1) is 12.5 Å². The highest BCUT2D eigenvalue weighted by Crippen LogP contribution is 2.30. The van der Waals surface area contributed by atoms with Gasteiger partial charge in [-0.3, -0.25) is 0 Å². The lowest BCUT2D eigenvalue weighted by molar-refractivity contribution is 0.145. The number of alkyl halides is 2. The normalized spacial score (nSPS) is 10.2. The minimum Gasteiger partial charge on any atom is -0.505 e. The van der Waals surface area contributed by atoms with Crippen molar-refractivity contribution in [2.45, 2.75) is 12.8 Å². The molecule has 1 N–H and O–H groups in total. The van der Waals surface area contributed by atoms with Crippen LogP contribution in [0.5, 0.6) is 5.75 Å². The molecule has 0 aliphatic heterocycles. The molecule has 0 radical (unpaired) electrons. The van der Waals surface area contributed by atoms with Crippen molar-refractivity contribution in [3.8, 4) is 11.8 Å². The molecule has 14 heavy (non-hydrogen) atoms. The molecule has 74 valence electrons. The fourth-order valence-corrected chi connectivity index (χ4v) is 1.37. The number of nitrogens with zero attached hydrogens (tertiary/aromatic N) is 2. The van der Waals surface area contributed by atoms with Crippen molar-refractivity contribution in [1.29, 1.82) is 5.26 Å². The Hall–Kier alpha value is -1.22. The summed E-state index contributed by atoms with van der Waals surface area (Å²) >= 11 is 2.83. The van der Waals surface area contributed by atoms with Crippen LogP contribution in [0.3, 0.4) is 0 Å². The molecule has 0 fully saturated rings. The Morgan fingerprint density at radius 1 is 1.64 bits per heavy atom. The van der Waals surface area contributed by atoms with Crippen LogP contribution in [-0.4, -0.2) is 10.1 Å². The zero-order valence-corrected chi connectivity index (χ0v) is 8.42. The molecule has 0 saturated heterocycles. The molecule has 0 aromatic carbocycles. The van der Waals surface area contributed by atoms with Crippen LogP contribution in [0.2, 0.25) is 0 Å². The van der Waals surface area contributed by atoms with Crippen molar-refractivity contribution in [3.05, 3.63) is 21.9 Å². The van der Waals surface area contributed by atoms with Crippen LogP contribution in [0.1, 0.15) is 17.7 Å². The zero-order chi connectivity index (χ0) is 10.7. The molecule has 1 rings (SSSR count). The second-order valence-electron chi connectivity index (χ2n) is 2.48. The van der Waals surface area contributed by atoms with E-state index in [1.807, 2.05) is 0 Å². The van der Waals surface area contributed by atoms with E-state index in [-0.39, 0.29) is 22.3 Å². The topological polar surface area (TPSA) is 56.9 Å². The van der Waals surface area contributed by atoms with Crippen molar-refractivity contribution in [2.24, 2.45) is 0 Å². The van der Waals surface area contributed by atoms with Gasteiger partial charge in [-0.05, 0) is 22.0 Å². The second-order valence-corrected chi connectivity index (χ2v) is 3.23. The van der Waals surface area contributed by atoms with Crippen LogP contribution >= 0.6 is 15.9 Å². The van der Waals surface area contributed by atoms with E-state index in [4.69, 9.17) is 5.26 Å². The van der Waals surface area contributed by atoms with Crippen molar-refractivity contribution in [3.63, 3.8) is 0 Å². The van der Waals surface area contributed by atoms with Gasteiger partial charge in [0.25, 0.3) is 6.43 Å². The number of hydrogen-bond donors (Lipinski definition) is 1. The average Bonchev–Trinajstić information content (AvgIpc) is 2.12. The highest BCUT2D eigenvalue weighted by molar-refractivity contribution is 9.10. The molecule has 3 nitrogen and oxygen atoms in total. The summed E-state index contributed by atoms with van der Waals surface area (Å²) in [6, 6.07) is 2.79. The lowest BCUT2D eigenvalue weighted by atomic mass is 10.1. The lowest BCUT2D eigenvalue weighted by Crippen LogP contribution is -1.95. The summed E-state index contributed by atoms with van der Waals surface area (Å²) in [5, 5.41) is 17.7. The molecule has 0 saturated carbocycles. The highest BCUT2D eigenvalue weighted by atomic mass is 79.9. The summed E-state index contributed by atoms with van der Waals surface area (Å²) in [6.07, 6.45) is -2.85. The molecular weight excluding hydrogens is 258 g/mol. The minimum absolute atomic E-state index is 0.0689. The van der Waals surface area contributed by atoms with Crippen LogP contribution in [0.25, 0.3) is 0 Å². The van der Waals surface area contributed by atoms with Crippen molar-refractivity contribution in [2.75, 3.05) is 0 Å². The molecule has 1 aromatic rings. The molecule has 1 aromatic heterocycles. The Labute approximate surface area is 87.1 Å². The number of aromatic hydroxyl groups is 1. The highest BCUT2D eigenvalue weighted by Gasteiger charge is 2.15. The van der Waals surface area contributed by atoms with E-state index in [1.165, 1.54) is 0 Å². The van der Waals surface area contributed by atoms with Crippen LogP contribution < -0.4 is 0 Å². The third-order valence-corrected chi connectivity index (χ3v) is 2.09. The van der Waals surface area contributed by atoms with Gasteiger partial charge in [-0.15, -0.1) is 0 Å². The molecule has 0 atom stereocenters. The van der Waals surface area contributed by atoms with Gasteiger partial charge < -0.3 is 5.11 Å². The van der Waals surface area contributed by atoms with Gasteiger partial charge in [0, 0.05) is 5.56 Å². The van der Waals surface area contributed by atoms with Gasteiger partial charge in [-0.1, -0.05) is 0 Å². The summed E-state index contributed by atoms with van der Waals surface area (Å²) < 4.78 is 24.4.